The lowest BCUT2D eigenvalue weighted by molar-refractivity contribution is -0.124. The highest BCUT2D eigenvalue weighted by molar-refractivity contribution is 5.90. The van der Waals surface area contributed by atoms with Gasteiger partial charge in [-0.3, -0.25) is 4.79 Å². The largest absolute Gasteiger partial charge is 0.298 e. The Hall–Kier alpha value is -1.69. The molecule has 1 unspecified atom stereocenters. The number of carbonyl (C=O) groups excluding carboxylic acids is 1. The summed E-state index contributed by atoms with van der Waals surface area (Å²) in [6.07, 6.45) is 5.01. The zero-order chi connectivity index (χ0) is 13.0. The number of hydrogen-bond acceptors (Lipinski definition) is 2. The minimum atomic E-state index is -0.816. The second kappa shape index (κ2) is 5.77. The fourth-order valence-corrected chi connectivity index (χ4v) is 2.61. The van der Waals surface area contributed by atoms with Crippen LogP contribution in [0.15, 0.2) is 24.3 Å². The average Bonchev–Trinajstić information content (AvgIpc) is 2.40. The van der Waals surface area contributed by atoms with Crippen LogP contribution in [0.1, 0.15) is 43.6 Å². The summed E-state index contributed by atoms with van der Waals surface area (Å²) in [6, 6.07) is 7.83. The number of benzene rings is 1. The van der Waals surface area contributed by atoms with E-state index in [2.05, 4.69) is 0 Å². The highest BCUT2D eigenvalue weighted by Gasteiger charge is 2.29. The van der Waals surface area contributed by atoms with Crippen molar-refractivity contribution >= 4 is 5.78 Å². The molecule has 0 N–H and O–H groups in total. The van der Waals surface area contributed by atoms with Crippen LogP contribution in [0.25, 0.3) is 0 Å². The molecule has 18 heavy (non-hydrogen) atoms. The summed E-state index contributed by atoms with van der Waals surface area (Å²) in [4.78, 5) is 12.3. The molecule has 3 heteroatoms. The molecule has 1 saturated carbocycles. The van der Waals surface area contributed by atoms with E-state index in [9.17, 15) is 14.4 Å². The summed E-state index contributed by atoms with van der Waals surface area (Å²) in [5.74, 6) is -1.28. The van der Waals surface area contributed by atoms with Crippen molar-refractivity contribution in [1.82, 2.24) is 0 Å². The lowest BCUT2D eigenvalue weighted by atomic mass is 9.80. The number of nitrogens with zero attached hydrogens (tertiary/aromatic N) is 1. The van der Waals surface area contributed by atoms with Crippen molar-refractivity contribution in [3.05, 3.63) is 35.6 Å². The predicted molar refractivity (Wildman–Crippen MR) is 66.3 cm³/mol. The Bertz CT molecular complexity index is 472. The number of hydrogen-bond donors (Lipinski definition) is 0. The van der Waals surface area contributed by atoms with Crippen molar-refractivity contribution in [2.24, 2.45) is 5.92 Å². The first kappa shape index (κ1) is 12.8. The normalized spacial score (nSPS) is 18.0. The van der Waals surface area contributed by atoms with Gasteiger partial charge >= 0.3 is 0 Å². The molecule has 1 fully saturated rings. The van der Waals surface area contributed by atoms with Crippen LogP contribution >= 0.6 is 0 Å². The first-order valence-electron chi connectivity index (χ1n) is 6.41. The van der Waals surface area contributed by atoms with E-state index in [1.165, 1.54) is 18.6 Å². The Kier molecular flexibility index (Phi) is 4.09. The van der Waals surface area contributed by atoms with Gasteiger partial charge in [-0.15, -0.1) is 0 Å². The smallest absolute Gasteiger partial charge is 0.157 e. The molecule has 0 radical (unpaired) electrons. The Morgan fingerprint density at radius 3 is 2.67 bits per heavy atom. The number of carbonyl (C=O) groups is 1. The number of Topliss-reactive ketones (excluding diaryl/α,β-unsaturated/α-hetero) is 1. The molecule has 0 amide bonds. The van der Waals surface area contributed by atoms with Gasteiger partial charge in [0.15, 0.2) is 5.78 Å². The van der Waals surface area contributed by atoms with Gasteiger partial charge in [0.25, 0.3) is 0 Å². The fraction of sp³-hybridized carbons (Fsp3) is 0.467. The second-order valence-electron chi connectivity index (χ2n) is 4.85. The van der Waals surface area contributed by atoms with E-state index in [1.54, 1.807) is 12.1 Å². The van der Waals surface area contributed by atoms with Crippen molar-refractivity contribution in [2.45, 2.75) is 38.0 Å². The Labute approximate surface area is 106 Å². The van der Waals surface area contributed by atoms with Crippen molar-refractivity contribution in [2.75, 3.05) is 0 Å². The van der Waals surface area contributed by atoms with Gasteiger partial charge in [-0.1, -0.05) is 31.4 Å². The molecule has 2 rings (SSSR count). The van der Waals surface area contributed by atoms with E-state index in [4.69, 9.17) is 0 Å². The first-order valence-corrected chi connectivity index (χ1v) is 6.41. The Morgan fingerprint density at radius 1 is 1.33 bits per heavy atom. The third-order valence-electron chi connectivity index (χ3n) is 3.60. The summed E-state index contributed by atoms with van der Waals surface area (Å²) in [7, 11) is 0. The highest BCUT2D eigenvalue weighted by Crippen LogP contribution is 2.30. The van der Waals surface area contributed by atoms with Crippen LogP contribution in [0.2, 0.25) is 0 Å². The van der Waals surface area contributed by atoms with E-state index < -0.39 is 11.7 Å². The SMILES string of the molecule is N#CC(C(=O)C1CCCCC1)c1cccc(F)c1. The van der Waals surface area contributed by atoms with Gasteiger partial charge < -0.3 is 0 Å². The van der Waals surface area contributed by atoms with Gasteiger partial charge in [0.2, 0.25) is 0 Å². The van der Waals surface area contributed by atoms with Gasteiger partial charge in [-0.05, 0) is 30.5 Å². The molecule has 2 nitrogen and oxygen atoms in total. The molecular weight excluding hydrogens is 229 g/mol. The van der Waals surface area contributed by atoms with E-state index >= 15 is 0 Å². The van der Waals surface area contributed by atoms with Crippen molar-refractivity contribution in [1.29, 1.82) is 5.26 Å². The van der Waals surface area contributed by atoms with E-state index in [-0.39, 0.29) is 11.7 Å². The van der Waals surface area contributed by atoms with Crippen molar-refractivity contribution in [3.63, 3.8) is 0 Å². The van der Waals surface area contributed by atoms with Gasteiger partial charge in [0, 0.05) is 5.92 Å². The summed E-state index contributed by atoms with van der Waals surface area (Å²) in [6.45, 7) is 0. The molecule has 94 valence electrons. The van der Waals surface area contributed by atoms with Crippen LogP contribution in [-0.4, -0.2) is 5.78 Å². The van der Waals surface area contributed by atoms with Crippen molar-refractivity contribution in [3.8, 4) is 6.07 Å². The van der Waals surface area contributed by atoms with Crippen LogP contribution in [0.3, 0.4) is 0 Å². The molecule has 0 spiro atoms. The van der Waals surface area contributed by atoms with Gasteiger partial charge in [-0.25, -0.2) is 4.39 Å². The lowest BCUT2D eigenvalue weighted by Crippen LogP contribution is -2.23. The van der Waals surface area contributed by atoms with Crippen LogP contribution in [0.5, 0.6) is 0 Å². The minimum Gasteiger partial charge on any atom is -0.298 e. The standard InChI is InChI=1S/C15H16FNO/c16-13-8-4-7-12(9-13)14(10-17)15(18)11-5-2-1-3-6-11/h4,7-9,11,14H,1-3,5-6H2. The van der Waals surface area contributed by atoms with Crippen molar-refractivity contribution < 1.29 is 9.18 Å². The van der Waals surface area contributed by atoms with Gasteiger partial charge in [-0.2, -0.15) is 5.26 Å². The molecule has 0 aliphatic heterocycles. The van der Waals surface area contributed by atoms with E-state index in [0.29, 0.717) is 5.56 Å². The Balaban J connectivity index is 2.18. The molecule has 1 aromatic carbocycles. The van der Waals surface area contributed by atoms with Crippen LogP contribution in [-0.2, 0) is 4.79 Å². The highest BCUT2D eigenvalue weighted by atomic mass is 19.1. The molecule has 1 aliphatic rings. The lowest BCUT2D eigenvalue weighted by Gasteiger charge is -2.22. The molecule has 1 aromatic rings. The molecule has 0 bridgehead atoms. The first-order chi connectivity index (χ1) is 8.72. The Morgan fingerprint density at radius 2 is 2.06 bits per heavy atom. The maximum atomic E-state index is 13.1. The third kappa shape index (κ3) is 2.76. The average molecular weight is 245 g/mol. The fourth-order valence-electron chi connectivity index (χ4n) is 2.61. The topological polar surface area (TPSA) is 40.9 Å². The minimum absolute atomic E-state index is 0.0216. The predicted octanol–water partition coefficient (Wildman–Crippen LogP) is 3.58. The molecule has 0 saturated heterocycles. The molecular formula is C15H16FNO. The van der Waals surface area contributed by atoms with E-state index in [1.807, 2.05) is 6.07 Å². The van der Waals surface area contributed by atoms with Gasteiger partial charge in [0.05, 0.1) is 6.07 Å². The zero-order valence-corrected chi connectivity index (χ0v) is 10.2. The third-order valence-corrected chi connectivity index (χ3v) is 3.60. The summed E-state index contributed by atoms with van der Waals surface area (Å²) < 4.78 is 13.1. The molecule has 1 aliphatic carbocycles. The maximum absolute atomic E-state index is 13.1. The van der Waals surface area contributed by atoms with E-state index in [0.717, 1.165) is 25.7 Å². The molecule has 0 aromatic heterocycles. The number of rotatable bonds is 3. The number of ketones is 1. The quantitative estimate of drug-likeness (QED) is 0.816. The van der Waals surface area contributed by atoms with Gasteiger partial charge in [0.1, 0.15) is 11.7 Å². The monoisotopic (exact) mass is 245 g/mol. The summed E-state index contributed by atoms with van der Waals surface area (Å²) in [5, 5.41) is 9.18. The van der Waals surface area contributed by atoms with Crippen LogP contribution in [0, 0.1) is 23.1 Å². The summed E-state index contributed by atoms with van der Waals surface area (Å²) >= 11 is 0. The van der Waals surface area contributed by atoms with Crippen LogP contribution in [0.4, 0.5) is 4.39 Å². The maximum Gasteiger partial charge on any atom is 0.157 e. The number of halogens is 1. The summed E-state index contributed by atoms with van der Waals surface area (Å²) in [5.41, 5.74) is 0.480. The van der Waals surface area contributed by atoms with Crippen LogP contribution < -0.4 is 0 Å². The molecule has 1 atom stereocenters. The second-order valence-corrected chi connectivity index (χ2v) is 4.85. The molecule has 0 heterocycles. The number of nitriles is 1. The zero-order valence-electron chi connectivity index (χ0n) is 10.2.